The zero-order chi connectivity index (χ0) is 23.4. The van der Waals surface area contributed by atoms with Gasteiger partial charge in [0.1, 0.15) is 5.78 Å². The van der Waals surface area contributed by atoms with Crippen molar-refractivity contribution in [3.63, 3.8) is 0 Å². The molecule has 0 spiro atoms. The summed E-state index contributed by atoms with van der Waals surface area (Å²) in [5.41, 5.74) is 0. The predicted molar refractivity (Wildman–Crippen MR) is 120 cm³/mol. The van der Waals surface area contributed by atoms with Gasteiger partial charge in [0.15, 0.2) is 0 Å². The highest BCUT2D eigenvalue weighted by molar-refractivity contribution is 5.75. The smallest absolute Gasteiger partial charge is 0.132 e. The number of likely N-dealkylation sites (N-methyl/N-ethyl adjacent to an activating group) is 1. The molecule has 0 aromatic carbocycles. The number of hydrogen-bond donors (Lipinski definition) is 1. The Balaban J connectivity index is 3.00. The summed E-state index contributed by atoms with van der Waals surface area (Å²) in [5, 5.41) is 3.01. The minimum atomic E-state index is 0.136. The van der Waals surface area contributed by atoms with Crippen LogP contribution in [-0.4, -0.2) is 125 Å². The van der Waals surface area contributed by atoms with Crippen molar-refractivity contribution in [3.8, 4) is 0 Å². The van der Waals surface area contributed by atoms with E-state index in [9.17, 15) is 4.79 Å². The van der Waals surface area contributed by atoms with Gasteiger partial charge in [-0.15, -0.1) is 0 Å². The van der Waals surface area contributed by atoms with Crippen LogP contribution in [0.2, 0.25) is 0 Å². The third kappa shape index (κ3) is 29.3. The molecule has 0 aromatic rings. The van der Waals surface area contributed by atoms with Crippen molar-refractivity contribution in [1.29, 1.82) is 0 Å². The molecule has 0 aliphatic carbocycles. The number of hydrogen-bond acceptors (Lipinski definition) is 10. The number of carbonyl (C=O) groups is 1. The fourth-order valence-electron chi connectivity index (χ4n) is 2.18. The van der Waals surface area contributed by atoms with E-state index in [0.29, 0.717) is 112 Å². The first-order chi connectivity index (χ1) is 15.8. The standard InChI is InChI=1S/C22H45NO9/c1-22(24)4-8-27-12-16-29-14-10-25-6-3-7-26-11-15-30-18-20-32-21-19-31-17-13-28-9-5-23-2/h23H,3-21H2,1-2H3. The number of ether oxygens (including phenoxy) is 8. The lowest BCUT2D eigenvalue weighted by molar-refractivity contribution is -0.118. The molecule has 0 amide bonds. The van der Waals surface area contributed by atoms with Crippen molar-refractivity contribution in [3.05, 3.63) is 0 Å². The van der Waals surface area contributed by atoms with Gasteiger partial charge in [0, 0.05) is 26.2 Å². The van der Waals surface area contributed by atoms with Gasteiger partial charge in [-0.3, -0.25) is 4.79 Å². The third-order valence-corrected chi connectivity index (χ3v) is 3.90. The maximum absolute atomic E-state index is 10.7. The summed E-state index contributed by atoms with van der Waals surface area (Å²) in [4.78, 5) is 10.7. The summed E-state index contributed by atoms with van der Waals surface area (Å²) in [5.74, 6) is 0.136. The molecule has 0 unspecified atom stereocenters. The van der Waals surface area contributed by atoms with E-state index in [-0.39, 0.29) is 5.78 Å². The van der Waals surface area contributed by atoms with Gasteiger partial charge in [-0.2, -0.15) is 0 Å². The van der Waals surface area contributed by atoms with E-state index in [0.717, 1.165) is 13.0 Å². The molecule has 0 aliphatic rings. The molecule has 192 valence electrons. The SMILES string of the molecule is CNCCOCCOCCOCCOCCOCCCOCCOCCOCCC(C)=O. The average molecular weight is 468 g/mol. The molecule has 0 radical (unpaired) electrons. The van der Waals surface area contributed by atoms with Crippen molar-refractivity contribution in [2.75, 3.05) is 119 Å². The Morgan fingerprint density at radius 2 is 0.812 bits per heavy atom. The fourth-order valence-corrected chi connectivity index (χ4v) is 2.18. The topological polar surface area (TPSA) is 103 Å². The highest BCUT2D eigenvalue weighted by Gasteiger charge is 1.96. The van der Waals surface area contributed by atoms with E-state index in [4.69, 9.17) is 37.9 Å². The largest absolute Gasteiger partial charge is 0.379 e. The minimum absolute atomic E-state index is 0.136. The van der Waals surface area contributed by atoms with Crippen LogP contribution >= 0.6 is 0 Å². The molecule has 1 N–H and O–H groups in total. The maximum Gasteiger partial charge on any atom is 0.132 e. The third-order valence-electron chi connectivity index (χ3n) is 3.90. The van der Waals surface area contributed by atoms with Gasteiger partial charge in [0.05, 0.1) is 92.5 Å². The molecular formula is C22H45NO9. The van der Waals surface area contributed by atoms with Crippen molar-refractivity contribution in [1.82, 2.24) is 5.32 Å². The normalized spacial score (nSPS) is 11.3. The Hall–Kier alpha value is -0.690. The van der Waals surface area contributed by atoms with E-state index in [1.165, 1.54) is 0 Å². The zero-order valence-electron chi connectivity index (χ0n) is 20.1. The Morgan fingerprint density at radius 1 is 0.500 bits per heavy atom. The Kier molecular flexibility index (Phi) is 27.7. The molecule has 0 bridgehead atoms. The summed E-state index contributed by atoms with van der Waals surface area (Å²) < 4.78 is 43.2. The quantitative estimate of drug-likeness (QED) is 0.165. The minimum Gasteiger partial charge on any atom is -0.379 e. The molecule has 0 fully saturated rings. The van der Waals surface area contributed by atoms with E-state index >= 15 is 0 Å². The van der Waals surface area contributed by atoms with Gasteiger partial charge >= 0.3 is 0 Å². The lowest BCUT2D eigenvalue weighted by atomic mass is 10.3. The van der Waals surface area contributed by atoms with Crippen molar-refractivity contribution in [2.45, 2.75) is 19.8 Å². The summed E-state index contributed by atoms with van der Waals surface area (Å²) in [6.07, 6.45) is 1.29. The second-order valence-electron chi connectivity index (χ2n) is 6.81. The monoisotopic (exact) mass is 467 g/mol. The predicted octanol–water partition coefficient (Wildman–Crippen LogP) is 0.708. The Labute approximate surface area is 193 Å². The summed E-state index contributed by atoms with van der Waals surface area (Å²) >= 11 is 0. The van der Waals surface area contributed by atoms with Crippen LogP contribution in [-0.2, 0) is 42.7 Å². The van der Waals surface area contributed by atoms with Crippen molar-refractivity contribution in [2.24, 2.45) is 0 Å². The summed E-state index contributed by atoms with van der Waals surface area (Å²) in [6.45, 7) is 11.4. The molecule has 0 aromatic heterocycles. The summed E-state index contributed by atoms with van der Waals surface area (Å²) in [6, 6.07) is 0. The molecule has 0 aliphatic heterocycles. The maximum atomic E-state index is 10.7. The second kappa shape index (κ2) is 28.3. The molecule has 0 rings (SSSR count). The van der Waals surface area contributed by atoms with Crippen LogP contribution in [0, 0.1) is 0 Å². The van der Waals surface area contributed by atoms with Crippen LogP contribution in [0.5, 0.6) is 0 Å². The number of nitrogens with one attached hydrogen (secondary N) is 1. The van der Waals surface area contributed by atoms with Crippen molar-refractivity contribution < 1.29 is 42.7 Å². The van der Waals surface area contributed by atoms with Gasteiger partial charge < -0.3 is 43.2 Å². The highest BCUT2D eigenvalue weighted by Crippen LogP contribution is 1.89. The molecule has 0 atom stereocenters. The first-order valence-electron chi connectivity index (χ1n) is 11.5. The van der Waals surface area contributed by atoms with Gasteiger partial charge in [0.25, 0.3) is 0 Å². The molecule has 0 saturated carbocycles. The average Bonchev–Trinajstić information content (AvgIpc) is 2.78. The summed E-state index contributed by atoms with van der Waals surface area (Å²) in [7, 11) is 1.90. The van der Waals surface area contributed by atoms with Gasteiger partial charge in [0.2, 0.25) is 0 Å². The van der Waals surface area contributed by atoms with E-state index in [2.05, 4.69) is 5.32 Å². The Bertz CT molecular complexity index is 375. The Morgan fingerprint density at radius 3 is 1.16 bits per heavy atom. The van der Waals surface area contributed by atoms with Crippen LogP contribution in [0.3, 0.4) is 0 Å². The fraction of sp³-hybridized carbons (Fsp3) is 0.955. The van der Waals surface area contributed by atoms with Crippen LogP contribution in [0.4, 0.5) is 0 Å². The molecule has 10 nitrogen and oxygen atoms in total. The lowest BCUT2D eigenvalue weighted by Gasteiger charge is -2.08. The van der Waals surface area contributed by atoms with Crippen LogP contribution in [0.1, 0.15) is 19.8 Å². The van der Waals surface area contributed by atoms with Crippen LogP contribution in [0.25, 0.3) is 0 Å². The number of ketones is 1. The molecule has 0 heterocycles. The lowest BCUT2D eigenvalue weighted by Crippen LogP contribution is -2.17. The highest BCUT2D eigenvalue weighted by atomic mass is 16.6. The molecule has 10 heteroatoms. The molecule has 32 heavy (non-hydrogen) atoms. The van der Waals surface area contributed by atoms with E-state index < -0.39 is 0 Å². The first-order valence-corrected chi connectivity index (χ1v) is 11.5. The number of rotatable bonds is 28. The zero-order valence-corrected chi connectivity index (χ0v) is 20.1. The number of Topliss-reactive ketones (excluding diaryl/α,β-unsaturated/α-hetero) is 1. The second-order valence-corrected chi connectivity index (χ2v) is 6.81. The molecule has 0 saturated heterocycles. The number of carbonyl (C=O) groups excluding carboxylic acids is 1. The first kappa shape index (κ1) is 31.3. The van der Waals surface area contributed by atoms with Gasteiger partial charge in [-0.25, -0.2) is 0 Å². The van der Waals surface area contributed by atoms with Gasteiger partial charge in [-0.1, -0.05) is 0 Å². The van der Waals surface area contributed by atoms with E-state index in [1.807, 2.05) is 7.05 Å². The van der Waals surface area contributed by atoms with Crippen LogP contribution in [0.15, 0.2) is 0 Å². The van der Waals surface area contributed by atoms with Crippen LogP contribution < -0.4 is 5.32 Å². The van der Waals surface area contributed by atoms with Gasteiger partial charge in [-0.05, 0) is 20.4 Å². The van der Waals surface area contributed by atoms with Crippen molar-refractivity contribution >= 4 is 5.78 Å². The molecular weight excluding hydrogens is 422 g/mol. The van der Waals surface area contributed by atoms with E-state index in [1.54, 1.807) is 6.92 Å².